The van der Waals surface area contributed by atoms with Crippen molar-refractivity contribution in [1.29, 1.82) is 0 Å². The SMILES string of the molecule is CCNC(=NCCCN1CCCCC1C)NCCNS(=O)(=O)c1cccnc1. The molecule has 9 heteroatoms. The van der Waals surface area contributed by atoms with Gasteiger partial charge in [-0.1, -0.05) is 6.42 Å². The first-order chi connectivity index (χ1) is 13.5. The Morgan fingerprint density at radius 2 is 2.18 bits per heavy atom. The summed E-state index contributed by atoms with van der Waals surface area (Å²) < 4.78 is 26.9. The number of aromatic nitrogens is 1. The van der Waals surface area contributed by atoms with Gasteiger partial charge in [-0.3, -0.25) is 9.98 Å². The minimum Gasteiger partial charge on any atom is -0.357 e. The minimum atomic E-state index is -3.53. The number of likely N-dealkylation sites (tertiary alicyclic amines) is 1. The van der Waals surface area contributed by atoms with Gasteiger partial charge in [0.25, 0.3) is 0 Å². The van der Waals surface area contributed by atoms with Crippen LogP contribution in [0.25, 0.3) is 0 Å². The van der Waals surface area contributed by atoms with Crippen LogP contribution in [0, 0.1) is 0 Å². The molecule has 0 radical (unpaired) electrons. The lowest BCUT2D eigenvalue weighted by molar-refractivity contribution is 0.160. The average molecular weight is 411 g/mol. The first-order valence-electron chi connectivity index (χ1n) is 10.2. The van der Waals surface area contributed by atoms with E-state index in [4.69, 9.17) is 0 Å². The van der Waals surface area contributed by atoms with Gasteiger partial charge in [0.15, 0.2) is 5.96 Å². The smallest absolute Gasteiger partial charge is 0.242 e. The van der Waals surface area contributed by atoms with Crippen molar-refractivity contribution in [1.82, 2.24) is 25.2 Å². The van der Waals surface area contributed by atoms with Crippen LogP contribution in [0.2, 0.25) is 0 Å². The number of nitrogens with one attached hydrogen (secondary N) is 3. The summed E-state index contributed by atoms with van der Waals surface area (Å²) >= 11 is 0. The predicted molar refractivity (Wildman–Crippen MR) is 113 cm³/mol. The monoisotopic (exact) mass is 410 g/mol. The lowest BCUT2D eigenvalue weighted by atomic mass is 10.0. The second-order valence-corrected chi connectivity index (χ2v) is 8.78. The third-order valence-electron chi connectivity index (χ3n) is 4.81. The van der Waals surface area contributed by atoms with Crippen molar-refractivity contribution in [3.63, 3.8) is 0 Å². The van der Waals surface area contributed by atoms with E-state index in [0.717, 1.165) is 32.0 Å². The summed E-state index contributed by atoms with van der Waals surface area (Å²) in [7, 11) is -3.53. The molecule has 0 saturated carbocycles. The predicted octanol–water partition coefficient (Wildman–Crippen LogP) is 1.18. The number of guanidine groups is 1. The average Bonchev–Trinajstić information content (AvgIpc) is 2.70. The number of pyridine rings is 1. The quantitative estimate of drug-likeness (QED) is 0.304. The number of nitrogens with zero attached hydrogens (tertiary/aromatic N) is 3. The highest BCUT2D eigenvalue weighted by atomic mass is 32.2. The van der Waals surface area contributed by atoms with Gasteiger partial charge in [0, 0.05) is 51.2 Å². The molecular formula is C19H34N6O2S. The van der Waals surface area contributed by atoms with Gasteiger partial charge in [0.05, 0.1) is 0 Å². The van der Waals surface area contributed by atoms with Crippen LogP contribution in [-0.4, -0.2) is 69.6 Å². The highest BCUT2D eigenvalue weighted by molar-refractivity contribution is 7.89. The molecule has 1 atom stereocenters. The first-order valence-corrected chi connectivity index (χ1v) is 11.7. The van der Waals surface area contributed by atoms with Gasteiger partial charge in [-0.05, 0) is 51.8 Å². The van der Waals surface area contributed by atoms with Gasteiger partial charge in [-0.25, -0.2) is 13.1 Å². The van der Waals surface area contributed by atoms with E-state index in [1.807, 2.05) is 6.92 Å². The second-order valence-electron chi connectivity index (χ2n) is 7.01. The van der Waals surface area contributed by atoms with Crippen molar-refractivity contribution >= 4 is 16.0 Å². The van der Waals surface area contributed by atoms with Crippen molar-refractivity contribution in [3.8, 4) is 0 Å². The van der Waals surface area contributed by atoms with E-state index in [1.54, 1.807) is 12.3 Å². The van der Waals surface area contributed by atoms with Crippen LogP contribution in [0.4, 0.5) is 0 Å². The van der Waals surface area contributed by atoms with Crippen LogP contribution in [-0.2, 0) is 10.0 Å². The van der Waals surface area contributed by atoms with Crippen LogP contribution >= 0.6 is 0 Å². The normalized spacial score (nSPS) is 18.8. The maximum absolute atomic E-state index is 12.2. The van der Waals surface area contributed by atoms with E-state index in [0.29, 0.717) is 12.6 Å². The summed E-state index contributed by atoms with van der Waals surface area (Å²) in [5.41, 5.74) is 0. The number of aliphatic imine (C=N–C) groups is 1. The van der Waals surface area contributed by atoms with Crippen molar-refractivity contribution in [2.24, 2.45) is 4.99 Å². The Labute approximate surface area is 169 Å². The molecular weight excluding hydrogens is 376 g/mol. The molecule has 0 bridgehead atoms. The Balaban J connectivity index is 1.70. The van der Waals surface area contributed by atoms with Crippen LogP contribution in [0.15, 0.2) is 34.4 Å². The van der Waals surface area contributed by atoms with E-state index in [2.05, 4.69) is 37.2 Å². The van der Waals surface area contributed by atoms with Gasteiger partial charge in [-0.15, -0.1) is 0 Å². The largest absolute Gasteiger partial charge is 0.357 e. The van der Waals surface area contributed by atoms with Gasteiger partial charge in [0.1, 0.15) is 4.90 Å². The minimum absolute atomic E-state index is 0.169. The molecule has 1 aliphatic rings. The summed E-state index contributed by atoms with van der Waals surface area (Å²) in [6.07, 6.45) is 7.84. The van der Waals surface area contributed by atoms with Gasteiger partial charge in [-0.2, -0.15) is 0 Å². The molecule has 1 aromatic rings. The molecule has 3 N–H and O–H groups in total. The van der Waals surface area contributed by atoms with Crippen LogP contribution in [0.1, 0.15) is 39.5 Å². The second kappa shape index (κ2) is 12.0. The molecule has 28 heavy (non-hydrogen) atoms. The summed E-state index contributed by atoms with van der Waals surface area (Å²) in [6, 6.07) is 3.81. The molecule has 0 spiro atoms. The zero-order valence-corrected chi connectivity index (χ0v) is 17.8. The van der Waals surface area contributed by atoms with E-state index >= 15 is 0 Å². The van der Waals surface area contributed by atoms with Crippen molar-refractivity contribution in [2.75, 3.05) is 39.3 Å². The molecule has 0 amide bonds. The summed E-state index contributed by atoms with van der Waals surface area (Å²) in [4.78, 5) is 11.2. The molecule has 1 aliphatic heterocycles. The maximum Gasteiger partial charge on any atom is 0.242 e. The van der Waals surface area contributed by atoms with Gasteiger partial charge < -0.3 is 15.5 Å². The Hall–Kier alpha value is -1.71. The summed E-state index contributed by atoms with van der Waals surface area (Å²) in [5, 5.41) is 6.37. The molecule has 1 unspecified atom stereocenters. The molecule has 8 nitrogen and oxygen atoms in total. The van der Waals surface area contributed by atoms with Gasteiger partial charge >= 0.3 is 0 Å². The number of hydrogen-bond acceptors (Lipinski definition) is 5. The fraction of sp³-hybridized carbons (Fsp3) is 0.684. The van der Waals surface area contributed by atoms with E-state index in [9.17, 15) is 8.42 Å². The Morgan fingerprint density at radius 1 is 1.32 bits per heavy atom. The highest BCUT2D eigenvalue weighted by Gasteiger charge is 2.17. The molecule has 158 valence electrons. The fourth-order valence-corrected chi connectivity index (χ4v) is 4.25. The molecule has 1 fully saturated rings. The van der Waals surface area contributed by atoms with Gasteiger partial charge in [0.2, 0.25) is 10.0 Å². The van der Waals surface area contributed by atoms with Crippen LogP contribution < -0.4 is 15.4 Å². The standard InChI is InChI=1S/C19H34N6O2S/c1-3-21-19(22-11-7-15-25-14-5-4-8-17(25)2)23-12-13-24-28(26,27)18-9-6-10-20-16-18/h6,9-10,16-17,24H,3-5,7-8,11-15H2,1-2H3,(H2,21,22,23). The number of piperidine rings is 1. The lowest BCUT2D eigenvalue weighted by Crippen LogP contribution is -2.42. The topological polar surface area (TPSA) is 98.7 Å². The van der Waals surface area contributed by atoms with E-state index in [-0.39, 0.29) is 11.4 Å². The Morgan fingerprint density at radius 3 is 2.89 bits per heavy atom. The molecule has 1 aromatic heterocycles. The number of sulfonamides is 1. The van der Waals surface area contributed by atoms with Crippen molar-refractivity contribution < 1.29 is 8.42 Å². The number of hydrogen-bond donors (Lipinski definition) is 3. The fourth-order valence-electron chi connectivity index (χ4n) is 3.25. The summed E-state index contributed by atoms with van der Waals surface area (Å²) in [5.74, 6) is 0.717. The third kappa shape index (κ3) is 7.73. The molecule has 1 saturated heterocycles. The number of rotatable bonds is 10. The maximum atomic E-state index is 12.2. The van der Waals surface area contributed by atoms with Crippen LogP contribution in [0.3, 0.4) is 0 Å². The third-order valence-corrected chi connectivity index (χ3v) is 6.26. The Kier molecular flexibility index (Phi) is 9.66. The summed E-state index contributed by atoms with van der Waals surface area (Å²) in [6.45, 7) is 8.82. The van der Waals surface area contributed by atoms with Crippen LogP contribution in [0.5, 0.6) is 0 Å². The van der Waals surface area contributed by atoms with Crippen molar-refractivity contribution in [2.45, 2.75) is 50.5 Å². The molecule has 0 aromatic carbocycles. The molecule has 2 heterocycles. The lowest BCUT2D eigenvalue weighted by Gasteiger charge is -2.33. The highest BCUT2D eigenvalue weighted by Crippen LogP contribution is 2.16. The Bertz CT molecular complexity index is 696. The van der Waals surface area contributed by atoms with Crippen molar-refractivity contribution in [3.05, 3.63) is 24.5 Å². The van der Waals surface area contributed by atoms with E-state index in [1.165, 1.54) is 38.1 Å². The van der Waals surface area contributed by atoms with E-state index < -0.39 is 10.0 Å². The molecule has 0 aliphatic carbocycles. The first kappa shape index (κ1) is 22.6. The zero-order chi connectivity index (χ0) is 20.2. The molecule has 2 rings (SSSR count). The zero-order valence-electron chi connectivity index (χ0n) is 17.0.